The Morgan fingerprint density at radius 3 is 2.67 bits per heavy atom. The summed E-state index contributed by atoms with van der Waals surface area (Å²) in [6.45, 7) is 1.95. The van der Waals surface area contributed by atoms with Gasteiger partial charge in [-0.05, 0) is 60.5 Å². The van der Waals surface area contributed by atoms with Gasteiger partial charge in [-0.1, -0.05) is 0 Å². The van der Waals surface area contributed by atoms with Gasteiger partial charge in [-0.2, -0.15) is 18.4 Å². The van der Waals surface area contributed by atoms with Crippen LogP contribution in [0.5, 0.6) is 0 Å². The van der Waals surface area contributed by atoms with E-state index in [1.165, 1.54) is 6.20 Å². The maximum Gasteiger partial charge on any atom is 0.408 e. The molecule has 154 valence electrons. The van der Waals surface area contributed by atoms with Crippen LogP contribution < -0.4 is 11.1 Å². The van der Waals surface area contributed by atoms with Crippen LogP contribution in [-0.2, 0) is 0 Å². The third-order valence-electron chi connectivity index (χ3n) is 5.80. The molecule has 0 amide bonds. The van der Waals surface area contributed by atoms with E-state index in [4.69, 9.17) is 11.0 Å². The number of fused-ring (bicyclic) bond motifs is 1. The molecular formula is C22H20F3N5. The molecule has 2 heterocycles. The summed E-state index contributed by atoms with van der Waals surface area (Å²) in [7, 11) is 0. The molecule has 0 radical (unpaired) electrons. The van der Waals surface area contributed by atoms with Gasteiger partial charge in [-0.25, -0.2) is 4.98 Å². The van der Waals surface area contributed by atoms with E-state index >= 15 is 0 Å². The van der Waals surface area contributed by atoms with Crippen LogP contribution >= 0.6 is 0 Å². The van der Waals surface area contributed by atoms with Crippen molar-refractivity contribution in [2.24, 2.45) is 11.8 Å². The molecule has 8 heteroatoms. The first kappa shape index (κ1) is 20.0. The minimum atomic E-state index is -4.48. The second kappa shape index (κ2) is 7.48. The summed E-state index contributed by atoms with van der Waals surface area (Å²) in [4.78, 5) is 8.30. The minimum absolute atomic E-state index is 0.105. The summed E-state index contributed by atoms with van der Waals surface area (Å²) >= 11 is 0. The molecule has 1 aliphatic carbocycles. The molecule has 1 aromatic carbocycles. The normalized spacial score (nSPS) is 19.7. The smallest absolute Gasteiger partial charge is 0.398 e. The zero-order valence-electron chi connectivity index (χ0n) is 16.2. The molecule has 3 N–H and O–H groups in total. The Morgan fingerprint density at radius 2 is 2.03 bits per heavy atom. The number of alkyl halides is 3. The molecule has 0 bridgehead atoms. The Balaban J connectivity index is 1.72. The number of aromatic nitrogens is 2. The standard InChI is InChI=1S/C22H20F3N5/c1-12-4-5-28-10-17(12)14-6-15-8-20(29-11-18(15)19(27)7-14)30-21(22(23,24)25)16-3-2-13(16)9-26/h4-8,10-11,13,16,21H,2-3,27H2,1H3,(H,29,30). The van der Waals surface area contributed by atoms with Gasteiger partial charge in [0, 0.05) is 41.1 Å². The van der Waals surface area contributed by atoms with Crippen LogP contribution in [-0.4, -0.2) is 22.2 Å². The molecule has 3 unspecified atom stereocenters. The predicted octanol–water partition coefficient (Wildman–Crippen LogP) is 5.08. The number of benzene rings is 1. The fourth-order valence-electron chi connectivity index (χ4n) is 3.96. The highest BCUT2D eigenvalue weighted by Gasteiger charge is 2.50. The summed E-state index contributed by atoms with van der Waals surface area (Å²) in [6.07, 6.45) is 1.27. The largest absolute Gasteiger partial charge is 0.408 e. The van der Waals surface area contributed by atoms with Gasteiger partial charge in [-0.3, -0.25) is 4.98 Å². The average Bonchev–Trinajstić information content (AvgIpc) is 2.66. The van der Waals surface area contributed by atoms with E-state index in [2.05, 4.69) is 15.3 Å². The lowest BCUT2D eigenvalue weighted by atomic mass is 9.70. The van der Waals surface area contributed by atoms with Crippen molar-refractivity contribution >= 4 is 22.3 Å². The summed E-state index contributed by atoms with van der Waals surface area (Å²) in [6, 6.07) is 7.29. The lowest BCUT2D eigenvalue weighted by Gasteiger charge is -2.39. The van der Waals surface area contributed by atoms with Gasteiger partial charge in [-0.15, -0.1) is 0 Å². The molecule has 30 heavy (non-hydrogen) atoms. The SMILES string of the molecule is Cc1ccncc1-c1cc(N)c2cnc(NC(C3CCC3C#N)C(F)(F)F)cc2c1. The number of rotatable bonds is 4. The van der Waals surface area contributed by atoms with Crippen molar-refractivity contribution in [3.05, 3.63) is 48.4 Å². The van der Waals surface area contributed by atoms with Crippen LogP contribution in [0.3, 0.4) is 0 Å². The lowest BCUT2D eigenvalue weighted by Crippen LogP contribution is -2.49. The molecule has 1 aliphatic rings. The van der Waals surface area contributed by atoms with Crippen LogP contribution in [0, 0.1) is 30.1 Å². The van der Waals surface area contributed by atoms with Crippen LogP contribution in [0.15, 0.2) is 42.9 Å². The third kappa shape index (κ3) is 3.63. The summed E-state index contributed by atoms with van der Waals surface area (Å²) in [5, 5.41) is 13.0. The number of halogens is 3. The Labute approximate surface area is 171 Å². The van der Waals surface area contributed by atoms with E-state index in [1.807, 2.05) is 31.2 Å². The fourth-order valence-corrected chi connectivity index (χ4v) is 3.96. The Hall–Kier alpha value is -3.34. The van der Waals surface area contributed by atoms with Gasteiger partial charge in [0.05, 0.1) is 12.0 Å². The molecule has 3 aromatic rings. The molecule has 2 aromatic heterocycles. The van der Waals surface area contributed by atoms with Crippen molar-refractivity contribution in [1.29, 1.82) is 5.26 Å². The van der Waals surface area contributed by atoms with Crippen molar-refractivity contribution in [2.75, 3.05) is 11.1 Å². The second-order valence-corrected chi connectivity index (χ2v) is 7.69. The number of nitrogens with one attached hydrogen (secondary N) is 1. The van der Waals surface area contributed by atoms with E-state index in [9.17, 15) is 13.2 Å². The Morgan fingerprint density at radius 1 is 1.23 bits per heavy atom. The molecule has 0 aliphatic heterocycles. The number of pyridine rings is 2. The van der Waals surface area contributed by atoms with Gasteiger partial charge < -0.3 is 11.1 Å². The average molecular weight is 411 g/mol. The maximum atomic E-state index is 13.7. The highest BCUT2D eigenvalue weighted by Crippen LogP contribution is 2.43. The molecular weight excluding hydrogens is 391 g/mol. The number of nitrogen functional groups attached to an aromatic ring is 1. The number of nitrogens with two attached hydrogens (primary N) is 1. The fraction of sp³-hybridized carbons (Fsp3) is 0.318. The molecule has 1 saturated carbocycles. The van der Waals surface area contributed by atoms with E-state index in [-0.39, 0.29) is 5.82 Å². The van der Waals surface area contributed by atoms with Crippen LogP contribution in [0.4, 0.5) is 24.7 Å². The van der Waals surface area contributed by atoms with Crippen LogP contribution in [0.2, 0.25) is 0 Å². The summed E-state index contributed by atoms with van der Waals surface area (Å²) < 4.78 is 41.0. The first-order valence-corrected chi connectivity index (χ1v) is 9.61. The van der Waals surface area contributed by atoms with Crippen molar-refractivity contribution in [1.82, 2.24) is 9.97 Å². The first-order chi connectivity index (χ1) is 14.3. The quantitative estimate of drug-likeness (QED) is 0.585. The van der Waals surface area contributed by atoms with Crippen molar-refractivity contribution < 1.29 is 13.2 Å². The third-order valence-corrected chi connectivity index (χ3v) is 5.80. The van der Waals surface area contributed by atoms with Gasteiger partial charge in [0.15, 0.2) is 0 Å². The number of nitriles is 1. The topological polar surface area (TPSA) is 87.6 Å². The molecule has 5 nitrogen and oxygen atoms in total. The van der Waals surface area contributed by atoms with Crippen molar-refractivity contribution in [3.8, 4) is 17.2 Å². The summed E-state index contributed by atoms with van der Waals surface area (Å²) in [5.74, 6) is -1.27. The Kier molecular flexibility index (Phi) is 4.98. The number of anilines is 2. The molecule has 0 saturated heterocycles. The van der Waals surface area contributed by atoms with Gasteiger partial charge in [0.1, 0.15) is 11.9 Å². The maximum absolute atomic E-state index is 13.7. The highest BCUT2D eigenvalue weighted by atomic mass is 19.4. The second-order valence-electron chi connectivity index (χ2n) is 7.69. The molecule has 0 spiro atoms. The summed E-state index contributed by atoms with van der Waals surface area (Å²) in [5.41, 5.74) is 9.42. The van der Waals surface area contributed by atoms with Crippen LogP contribution in [0.1, 0.15) is 18.4 Å². The minimum Gasteiger partial charge on any atom is -0.398 e. The predicted molar refractivity (Wildman–Crippen MR) is 109 cm³/mol. The number of aryl methyl sites for hydroxylation is 1. The van der Waals surface area contributed by atoms with E-state index in [0.717, 1.165) is 16.7 Å². The van der Waals surface area contributed by atoms with Gasteiger partial charge in [0.25, 0.3) is 0 Å². The van der Waals surface area contributed by atoms with E-state index < -0.39 is 24.1 Å². The highest BCUT2D eigenvalue weighted by molar-refractivity contribution is 5.97. The van der Waals surface area contributed by atoms with Gasteiger partial charge in [0.2, 0.25) is 0 Å². The Bertz CT molecular complexity index is 1140. The molecule has 4 rings (SSSR count). The van der Waals surface area contributed by atoms with Gasteiger partial charge >= 0.3 is 6.18 Å². The van der Waals surface area contributed by atoms with Crippen molar-refractivity contribution in [2.45, 2.75) is 32.0 Å². The molecule has 3 atom stereocenters. The number of hydrogen-bond donors (Lipinski definition) is 2. The number of nitrogens with zero attached hydrogens (tertiary/aromatic N) is 3. The van der Waals surface area contributed by atoms with Crippen molar-refractivity contribution in [3.63, 3.8) is 0 Å². The number of hydrogen-bond acceptors (Lipinski definition) is 5. The zero-order valence-corrected chi connectivity index (χ0v) is 16.2. The molecule has 1 fully saturated rings. The van der Waals surface area contributed by atoms with E-state index in [1.54, 1.807) is 18.5 Å². The zero-order chi connectivity index (χ0) is 21.5. The lowest BCUT2D eigenvalue weighted by molar-refractivity contribution is -0.163. The van der Waals surface area contributed by atoms with E-state index in [0.29, 0.717) is 29.3 Å². The first-order valence-electron chi connectivity index (χ1n) is 9.61. The monoisotopic (exact) mass is 411 g/mol. The van der Waals surface area contributed by atoms with Crippen LogP contribution in [0.25, 0.3) is 21.9 Å².